The lowest BCUT2D eigenvalue weighted by molar-refractivity contribution is -0.133. The molecule has 1 aromatic rings. The van der Waals surface area contributed by atoms with Gasteiger partial charge in [-0.1, -0.05) is 6.08 Å². The van der Waals surface area contributed by atoms with Gasteiger partial charge in [0, 0.05) is 12.1 Å². The predicted octanol–water partition coefficient (Wildman–Crippen LogP) is 1.99. The van der Waals surface area contributed by atoms with E-state index in [1.165, 1.54) is 0 Å². The van der Waals surface area contributed by atoms with Gasteiger partial charge in [0.15, 0.2) is 0 Å². The second-order valence-electron chi connectivity index (χ2n) is 5.00. The van der Waals surface area contributed by atoms with Gasteiger partial charge in [0.2, 0.25) is 5.91 Å². The number of benzene rings is 1. The first kappa shape index (κ1) is 15.1. The largest absolute Gasteiger partial charge is 0.497 e. The Bertz CT molecular complexity index is 558. The summed E-state index contributed by atoms with van der Waals surface area (Å²) in [7, 11) is 1.59. The Balaban J connectivity index is 2.25. The molecular formula is C17H19NO3. The molecule has 0 radical (unpaired) electrons. The van der Waals surface area contributed by atoms with Gasteiger partial charge in [-0.15, -0.1) is 18.9 Å². The Labute approximate surface area is 125 Å². The Morgan fingerprint density at radius 1 is 1.52 bits per heavy atom. The van der Waals surface area contributed by atoms with Crippen molar-refractivity contribution < 1.29 is 14.6 Å². The second-order valence-corrected chi connectivity index (χ2v) is 5.00. The van der Waals surface area contributed by atoms with E-state index in [-0.39, 0.29) is 17.9 Å². The molecule has 0 bridgehead atoms. The van der Waals surface area contributed by atoms with E-state index >= 15 is 0 Å². The van der Waals surface area contributed by atoms with Gasteiger partial charge in [-0.2, -0.15) is 0 Å². The fourth-order valence-electron chi connectivity index (χ4n) is 2.70. The number of hydrogen-bond acceptors (Lipinski definition) is 3. The van der Waals surface area contributed by atoms with Gasteiger partial charge >= 0.3 is 0 Å². The van der Waals surface area contributed by atoms with Crippen molar-refractivity contribution in [1.82, 2.24) is 0 Å². The van der Waals surface area contributed by atoms with Crippen molar-refractivity contribution in [3.8, 4) is 18.1 Å². The van der Waals surface area contributed by atoms with Crippen LogP contribution in [-0.2, 0) is 4.79 Å². The molecule has 1 aromatic carbocycles. The van der Waals surface area contributed by atoms with Crippen LogP contribution in [0.15, 0.2) is 36.9 Å². The van der Waals surface area contributed by atoms with E-state index in [9.17, 15) is 9.90 Å². The summed E-state index contributed by atoms with van der Waals surface area (Å²) in [6.45, 7) is 3.63. The van der Waals surface area contributed by atoms with Gasteiger partial charge in [-0.3, -0.25) is 4.79 Å². The van der Waals surface area contributed by atoms with Gasteiger partial charge in [0.05, 0.1) is 25.2 Å². The molecular weight excluding hydrogens is 266 g/mol. The van der Waals surface area contributed by atoms with Crippen LogP contribution in [0, 0.1) is 18.3 Å². The van der Waals surface area contributed by atoms with Crippen LogP contribution in [-0.4, -0.2) is 30.3 Å². The van der Waals surface area contributed by atoms with Crippen LogP contribution in [0.5, 0.6) is 5.75 Å². The zero-order valence-corrected chi connectivity index (χ0v) is 12.0. The third-order valence-electron chi connectivity index (χ3n) is 3.76. The van der Waals surface area contributed by atoms with E-state index in [0.29, 0.717) is 12.8 Å². The van der Waals surface area contributed by atoms with E-state index in [2.05, 4.69) is 12.5 Å². The summed E-state index contributed by atoms with van der Waals surface area (Å²) >= 11 is 0. The summed E-state index contributed by atoms with van der Waals surface area (Å²) in [5, 5.41) is 10.3. The monoisotopic (exact) mass is 285 g/mol. The maximum absolute atomic E-state index is 12.3. The fourth-order valence-corrected chi connectivity index (χ4v) is 2.70. The highest BCUT2D eigenvalue weighted by molar-refractivity contribution is 6.03. The van der Waals surface area contributed by atoms with Crippen LogP contribution in [0.4, 0.5) is 5.69 Å². The van der Waals surface area contributed by atoms with Crippen LogP contribution in [0.3, 0.4) is 0 Å². The van der Waals surface area contributed by atoms with Crippen LogP contribution >= 0.6 is 0 Å². The van der Waals surface area contributed by atoms with Crippen LogP contribution < -0.4 is 9.64 Å². The molecule has 1 heterocycles. The van der Waals surface area contributed by atoms with E-state index < -0.39 is 6.10 Å². The molecule has 1 aliphatic rings. The summed E-state index contributed by atoms with van der Waals surface area (Å²) in [5.74, 6) is 2.85. The molecule has 4 heteroatoms. The highest BCUT2D eigenvalue weighted by Crippen LogP contribution is 2.37. The Morgan fingerprint density at radius 2 is 2.19 bits per heavy atom. The zero-order valence-electron chi connectivity index (χ0n) is 12.0. The van der Waals surface area contributed by atoms with Gasteiger partial charge in [0.1, 0.15) is 5.75 Å². The molecule has 21 heavy (non-hydrogen) atoms. The first-order valence-corrected chi connectivity index (χ1v) is 6.83. The number of carbonyl (C=O) groups excluding carboxylic acids is 1. The third kappa shape index (κ3) is 2.79. The summed E-state index contributed by atoms with van der Waals surface area (Å²) < 4.78 is 5.11. The summed E-state index contributed by atoms with van der Waals surface area (Å²) in [4.78, 5) is 13.9. The maximum atomic E-state index is 12.3. The van der Waals surface area contributed by atoms with Crippen LogP contribution in [0.2, 0.25) is 0 Å². The Hall–Kier alpha value is -2.25. The lowest BCUT2D eigenvalue weighted by atomic mass is 9.80. The number of amides is 1. The lowest BCUT2D eigenvalue weighted by Crippen LogP contribution is -2.65. The van der Waals surface area contributed by atoms with Gasteiger partial charge in [-0.25, -0.2) is 0 Å². The minimum atomic E-state index is -0.666. The standard InChI is InChI=1S/C17H19NO3/c1-4-6-14-16(15(19)7-5-2)18(17(14)20)12-8-10-13(21-3)11-9-12/h1,5,8-11,14-16,19H,2,6-7H2,3H3/t14-,15-,16+/m1/s1. The molecule has 1 saturated heterocycles. The van der Waals surface area contributed by atoms with Crippen molar-refractivity contribution in [1.29, 1.82) is 0 Å². The van der Waals surface area contributed by atoms with E-state index in [4.69, 9.17) is 11.2 Å². The molecule has 4 nitrogen and oxygen atoms in total. The molecule has 0 unspecified atom stereocenters. The lowest BCUT2D eigenvalue weighted by Gasteiger charge is -2.48. The number of nitrogens with zero attached hydrogens (tertiary/aromatic N) is 1. The topological polar surface area (TPSA) is 49.8 Å². The summed E-state index contributed by atoms with van der Waals surface area (Å²) in [5.41, 5.74) is 0.738. The van der Waals surface area contributed by atoms with Crippen molar-refractivity contribution in [2.45, 2.75) is 25.0 Å². The highest BCUT2D eigenvalue weighted by atomic mass is 16.5. The molecule has 1 amide bonds. The number of rotatable bonds is 6. The number of β-lactam (4-membered cyclic amide) rings is 1. The zero-order chi connectivity index (χ0) is 15.4. The number of ether oxygens (including phenoxy) is 1. The van der Waals surface area contributed by atoms with Crippen molar-refractivity contribution in [2.75, 3.05) is 12.0 Å². The van der Waals surface area contributed by atoms with Crippen molar-refractivity contribution in [3.05, 3.63) is 36.9 Å². The Kier molecular flexibility index (Phi) is 4.66. The first-order valence-electron chi connectivity index (χ1n) is 6.83. The number of carbonyl (C=O) groups is 1. The number of aliphatic hydroxyl groups is 1. The Morgan fingerprint density at radius 3 is 2.71 bits per heavy atom. The fraction of sp³-hybridized carbons (Fsp3) is 0.353. The predicted molar refractivity (Wildman–Crippen MR) is 82.0 cm³/mol. The molecule has 2 rings (SSSR count). The maximum Gasteiger partial charge on any atom is 0.233 e. The smallest absolute Gasteiger partial charge is 0.233 e. The quantitative estimate of drug-likeness (QED) is 0.494. The molecule has 1 fully saturated rings. The number of terminal acetylenes is 1. The number of anilines is 1. The molecule has 110 valence electrons. The number of hydrogen-bond donors (Lipinski definition) is 1. The number of methoxy groups -OCH3 is 1. The summed E-state index contributed by atoms with van der Waals surface area (Å²) in [6, 6.07) is 6.87. The minimum Gasteiger partial charge on any atom is -0.497 e. The third-order valence-corrected chi connectivity index (χ3v) is 3.76. The van der Waals surface area contributed by atoms with Crippen LogP contribution in [0.25, 0.3) is 0 Å². The van der Waals surface area contributed by atoms with E-state index in [0.717, 1.165) is 11.4 Å². The normalized spacial score (nSPS) is 22.1. The van der Waals surface area contributed by atoms with Gasteiger partial charge in [-0.05, 0) is 30.7 Å². The molecule has 0 saturated carbocycles. The van der Waals surface area contributed by atoms with Gasteiger partial charge in [0.25, 0.3) is 0 Å². The average Bonchev–Trinajstić information content (AvgIpc) is 2.50. The first-order chi connectivity index (χ1) is 10.1. The summed E-state index contributed by atoms with van der Waals surface area (Å²) in [6.07, 6.45) is 7.06. The minimum absolute atomic E-state index is 0.0498. The SMILES string of the molecule is C#CC[C@H]1C(=O)N(c2ccc(OC)cc2)[C@@H]1[C@H](O)CC=C. The van der Waals surface area contributed by atoms with Crippen molar-refractivity contribution >= 4 is 11.6 Å². The molecule has 3 atom stereocenters. The molecule has 0 aromatic heterocycles. The molecule has 0 aliphatic carbocycles. The van der Waals surface area contributed by atoms with Crippen LogP contribution in [0.1, 0.15) is 12.8 Å². The second kappa shape index (κ2) is 6.47. The number of aliphatic hydroxyl groups excluding tert-OH is 1. The van der Waals surface area contributed by atoms with E-state index in [1.807, 2.05) is 0 Å². The molecule has 1 N–H and O–H groups in total. The average molecular weight is 285 g/mol. The van der Waals surface area contributed by atoms with Crippen molar-refractivity contribution in [3.63, 3.8) is 0 Å². The molecule has 1 aliphatic heterocycles. The highest BCUT2D eigenvalue weighted by Gasteiger charge is 2.50. The van der Waals surface area contributed by atoms with Gasteiger partial charge < -0.3 is 14.7 Å². The molecule has 0 spiro atoms. The van der Waals surface area contributed by atoms with E-state index in [1.54, 1.807) is 42.4 Å². The van der Waals surface area contributed by atoms with Crippen molar-refractivity contribution in [2.24, 2.45) is 5.92 Å².